The Morgan fingerprint density at radius 3 is 2.60 bits per heavy atom. The number of carbonyl (C=O) groups is 2. The van der Waals surface area contributed by atoms with Crippen LogP contribution in [0.3, 0.4) is 0 Å². The molecule has 25 heavy (non-hydrogen) atoms. The van der Waals surface area contributed by atoms with Gasteiger partial charge in [0.15, 0.2) is 0 Å². The maximum atomic E-state index is 13.1. The van der Waals surface area contributed by atoms with Gasteiger partial charge in [0.1, 0.15) is 12.1 Å². The first-order valence-electron chi connectivity index (χ1n) is 8.61. The molecule has 7 heteroatoms. The highest BCUT2D eigenvalue weighted by Gasteiger charge is 2.38. The van der Waals surface area contributed by atoms with Gasteiger partial charge in [-0.15, -0.1) is 0 Å². The number of nitrogens with zero attached hydrogens (tertiary/aromatic N) is 2. The van der Waals surface area contributed by atoms with E-state index in [0.717, 1.165) is 12.8 Å². The van der Waals surface area contributed by atoms with Crippen LogP contribution in [0.25, 0.3) is 0 Å². The van der Waals surface area contributed by atoms with Crippen LogP contribution in [0.4, 0.5) is 8.78 Å². The van der Waals surface area contributed by atoms with Crippen LogP contribution >= 0.6 is 0 Å². The van der Waals surface area contributed by atoms with Gasteiger partial charge in [-0.2, -0.15) is 0 Å². The van der Waals surface area contributed by atoms with Crippen molar-refractivity contribution < 1.29 is 23.1 Å². The van der Waals surface area contributed by atoms with Crippen molar-refractivity contribution in [2.45, 2.75) is 37.8 Å². The zero-order chi connectivity index (χ0) is 17.8. The van der Waals surface area contributed by atoms with Crippen molar-refractivity contribution in [3.8, 4) is 0 Å². The van der Waals surface area contributed by atoms with Gasteiger partial charge < -0.3 is 14.5 Å². The summed E-state index contributed by atoms with van der Waals surface area (Å²) in [6, 6.07) is 8.30. The summed E-state index contributed by atoms with van der Waals surface area (Å²) in [7, 11) is 0. The minimum atomic E-state index is -2.64. The third kappa shape index (κ3) is 3.98. The van der Waals surface area contributed by atoms with E-state index in [9.17, 15) is 18.4 Å². The van der Waals surface area contributed by atoms with Gasteiger partial charge in [-0.05, 0) is 18.4 Å². The molecule has 0 radical (unpaired) electrons. The Bertz CT molecular complexity index is 612. The average Bonchev–Trinajstić information content (AvgIpc) is 2.64. The summed E-state index contributed by atoms with van der Waals surface area (Å²) < 4.78 is 31.0. The van der Waals surface area contributed by atoms with Crippen molar-refractivity contribution in [1.82, 2.24) is 9.80 Å². The van der Waals surface area contributed by atoms with E-state index in [1.807, 2.05) is 18.2 Å². The number of alkyl halides is 2. The summed E-state index contributed by atoms with van der Waals surface area (Å²) in [5.74, 6) is -0.373. The van der Waals surface area contributed by atoms with Crippen LogP contribution in [-0.2, 0) is 14.3 Å². The molecule has 5 nitrogen and oxygen atoms in total. The second-order valence-corrected chi connectivity index (χ2v) is 6.39. The van der Waals surface area contributed by atoms with Crippen LogP contribution in [-0.4, -0.2) is 60.4 Å². The van der Waals surface area contributed by atoms with E-state index in [1.165, 1.54) is 4.90 Å². The molecular weight excluding hydrogens is 330 g/mol. The quantitative estimate of drug-likeness (QED) is 0.835. The molecule has 2 saturated heterocycles. The van der Waals surface area contributed by atoms with Crippen molar-refractivity contribution in [2.75, 3.05) is 26.2 Å². The summed E-state index contributed by atoms with van der Waals surface area (Å²) >= 11 is 0. The van der Waals surface area contributed by atoms with E-state index >= 15 is 0 Å². The predicted octanol–water partition coefficient (Wildman–Crippen LogP) is 2.23. The number of carbonyl (C=O) groups excluding carboxylic acids is 2. The van der Waals surface area contributed by atoms with Crippen molar-refractivity contribution in [3.05, 3.63) is 35.9 Å². The largest absolute Gasteiger partial charge is 0.369 e. The monoisotopic (exact) mass is 352 g/mol. The number of hydrogen-bond donors (Lipinski definition) is 0. The number of piperidine rings is 1. The Labute approximate surface area is 145 Å². The lowest BCUT2D eigenvalue weighted by Gasteiger charge is -2.39. The van der Waals surface area contributed by atoms with Crippen LogP contribution in [0.15, 0.2) is 30.3 Å². The van der Waals surface area contributed by atoms with E-state index in [0.29, 0.717) is 18.5 Å². The molecule has 2 fully saturated rings. The summed E-state index contributed by atoms with van der Waals surface area (Å²) in [6.45, 7) is 0.693. The summed E-state index contributed by atoms with van der Waals surface area (Å²) in [4.78, 5) is 28.5. The number of hydrogen-bond acceptors (Lipinski definition) is 3. The molecule has 2 atom stereocenters. The van der Waals surface area contributed by atoms with Crippen LogP contribution in [0, 0.1) is 0 Å². The number of ether oxygens (including phenoxy) is 1. The van der Waals surface area contributed by atoms with E-state index < -0.39 is 18.6 Å². The number of likely N-dealkylation sites (tertiary alicyclic amines) is 1. The summed E-state index contributed by atoms with van der Waals surface area (Å²) in [5.41, 5.74) is 0.711. The maximum absolute atomic E-state index is 13.1. The second-order valence-electron chi connectivity index (χ2n) is 6.39. The molecule has 0 aliphatic carbocycles. The highest BCUT2D eigenvalue weighted by molar-refractivity contribution is 5.89. The number of benzene rings is 1. The fourth-order valence-corrected chi connectivity index (χ4v) is 3.39. The number of amides is 2. The van der Waals surface area contributed by atoms with Crippen LogP contribution in [0.1, 0.15) is 30.9 Å². The molecular formula is C18H22F2N2O3. The van der Waals surface area contributed by atoms with E-state index in [2.05, 4.69) is 0 Å². The first-order chi connectivity index (χ1) is 12.1. The Morgan fingerprint density at radius 1 is 1.16 bits per heavy atom. The molecule has 2 aliphatic rings. The Balaban J connectivity index is 1.86. The van der Waals surface area contributed by atoms with E-state index in [-0.39, 0.29) is 31.5 Å². The molecule has 136 valence electrons. The third-order valence-corrected chi connectivity index (χ3v) is 4.71. The van der Waals surface area contributed by atoms with E-state index in [4.69, 9.17) is 4.74 Å². The molecule has 0 N–H and O–H groups in total. The van der Waals surface area contributed by atoms with Crippen molar-refractivity contribution >= 4 is 11.8 Å². The van der Waals surface area contributed by atoms with Gasteiger partial charge in [-0.25, -0.2) is 8.78 Å². The summed E-state index contributed by atoms with van der Waals surface area (Å²) in [6.07, 6.45) is -1.84. The molecule has 0 aromatic heterocycles. The molecule has 3 rings (SSSR count). The zero-order valence-electron chi connectivity index (χ0n) is 13.9. The first-order valence-corrected chi connectivity index (χ1v) is 8.61. The molecule has 2 amide bonds. The maximum Gasteiger partial charge on any atom is 0.266 e. The molecule has 0 bridgehead atoms. The molecule has 0 unspecified atom stereocenters. The van der Waals surface area contributed by atoms with Gasteiger partial charge in [0.25, 0.3) is 6.43 Å². The van der Waals surface area contributed by atoms with Crippen molar-refractivity contribution in [3.63, 3.8) is 0 Å². The standard InChI is InChI=1S/C18H22F2N2O3/c19-17(20)14-12-21(10-11-25-14)18(24)16(13-6-2-1-3-7-13)22-9-5-4-8-15(22)23/h1-3,6-7,14,16-17H,4-5,8-12H2/t14-,16-/m1/s1. The number of halogens is 2. The average molecular weight is 352 g/mol. The fourth-order valence-electron chi connectivity index (χ4n) is 3.39. The lowest BCUT2D eigenvalue weighted by atomic mass is 9.99. The minimum Gasteiger partial charge on any atom is -0.369 e. The molecule has 0 saturated carbocycles. The topological polar surface area (TPSA) is 49.9 Å². The van der Waals surface area contributed by atoms with Crippen LogP contribution < -0.4 is 0 Å². The SMILES string of the molecule is O=C([C@@H](c1ccccc1)N1CCCCC1=O)N1CCO[C@@H](C(F)F)C1. The van der Waals surface area contributed by atoms with Gasteiger partial charge >= 0.3 is 0 Å². The van der Waals surface area contributed by atoms with Gasteiger partial charge in [-0.1, -0.05) is 30.3 Å². The van der Waals surface area contributed by atoms with Crippen LogP contribution in [0.2, 0.25) is 0 Å². The van der Waals surface area contributed by atoms with Gasteiger partial charge in [0.2, 0.25) is 11.8 Å². The predicted molar refractivity (Wildman–Crippen MR) is 87.1 cm³/mol. The van der Waals surface area contributed by atoms with Crippen LogP contribution in [0.5, 0.6) is 0 Å². The minimum absolute atomic E-state index is 0.0628. The smallest absolute Gasteiger partial charge is 0.266 e. The number of rotatable bonds is 4. The Kier molecular flexibility index (Phi) is 5.63. The fraction of sp³-hybridized carbons (Fsp3) is 0.556. The Hall–Kier alpha value is -2.02. The molecule has 2 aliphatic heterocycles. The number of morpholine rings is 1. The summed E-state index contributed by atoms with van der Waals surface area (Å²) in [5, 5.41) is 0. The lowest BCUT2D eigenvalue weighted by Crippen LogP contribution is -2.53. The van der Waals surface area contributed by atoms with Gasteiger partial charge in [-0.3, -0.25) is 9.59 Å². The molecule has 0 spiro atoms. The van der Waals surface area contributed by atoms with E-state index in [1.54, 1.807) is 17.0 Å². The molecule has 1 aromatic carbocycles. The Morgan fingerprint density at radius 2 is 1.92 bits per heavy atom. The second kappa shape index (κ2) is 7.91. The normalized spacial score (nSPS) is 23.0. The highest BCUT2D eigenvalue weighted by Crippen LogP contribution is 2.28. The lowest BCUT2D eigenvalue weighted by molar-refractivity contribution is -0.157. The highest BCUT2D eigenvalue weighted by atomic mass is 19.3. The third-order valence-electron chi connectivity index (χ3n) is 4.71. The molecule has 2 heterocycles. The van der Waals surface area contributed by atoms with Crippen molar-refractivity contribution in [1.29, 1.82) is 0 Å². The molecule has 1 aromatic rings. The van der Waals surface area contributed by atoms with Crippen molar-refractivity contribution in [2.24, 2.45) is 0 Å². The zero-order valence-corrected chi connectivity index (χ0v) is 13.9. The first kappa shape index (κ1) is 17.8. The van der Waals surface area contributed by atoms with Gasteiger partial charge in [0, 0.05) is 19.5 Å². The van der Waals surface area contributed by atoms with Gasteiger partial charge in [0.05, 0.1) is 13.2 Å².